The van der Waals surface area contributed by atoms with Crippen molar-refractivity contribution in [2.24, 2.45) is 34.5 Å². The Morgan fingerprint density at radius 1 is 1.07 bits per heavy atom. The highest BCUT2D eigenvalue weighted by atomic mass is 16.5. The molecule has 168 valence electrons. The van der Waals surface area contributed by atoms with Crippen LogP contribution in [-0.4, -0.2) is 17.9 Å². The second kappa shape index (κ2) is 8.43. The first-order valence-electron chi connectivity index (χ1n) is 12.7. The molecular formula is C27H42O3. The van der Waals surface area contributed by atoms with Gasteiger partial charge in [0.2, 0.25) is 0 Å². The van der Waals surface area contributed by atoms with Crippen LogP contribution in [-0.2, 0) is 14.3 Å². The molecule has 30 heavy (non-hydrogen) atoms. The lowest BCUT2D eigenvalue weighted by Crippen LogP contribution is -2.54. The number of hydrogen-bond acceptors (Lipinski definition) is 3. The second-order valence-electron chi connectivity index (χ2n) is 11.3. The Bertz CT molecular complexity index is 709. The Morgan fingerprint density at radius 3 is 2.63 bits per heavy atom. The van der Waals surface area contributed by atoms with Crippen molar-refractivity contribution in [3.05, 3.63) is 11.6 Å². The summed E-state index contributed by atoms with van der Waals surface area (Å²) >= 11 is 0. The monoisotopic (exact) mass is 414 g/mol. The van der Waals surface area contributed by atoms with Crippen molar-refractivity contribution in [3.8, 4) is 0 Å². The summed E-state index contributed by atoms with van der Waals surface area (Å²) in [6.07, 6.45) is 15.0. The third-order valence-electron chi connectivity index (χ3n) is 10.00. The predicted octanol–water partition coefficient (Wildman–Crippen LogP) is 6.65. The third-order valence-corrected chi connectivity index (χ3v) is 10.00. The lowest BCUT2D eigenvalue weighted by Gasteiger charge is -2.60. The van der Waals surface area contributed by atoms with Gasteiger partial charge in [0.1, 0.15) is 6.10 Å². The largest absolute Gasteiger partial charge is 0.462 e. The summed E-state index contributed by atoms with van der Waals surface area (Å²) in [5, 5.41) is 0. The highest BCUT2D eigenvalue weighted by Crippen LogP contribution is 2.66. The van der Waals surface area contributed by atoms with Crippen LogP contribution in [0, 0.1) is 34.5 Å². The zero-order valence-electron chi connectivity index (χ0n) is 19.7. The minimum absolute atomic E-state index is 0.0281. The van der Waals surface area contributed by atoms with E-state index in [4.69, 9.17) is 4.74 Å². The summed E-state index contributed by atoms with van der Waals surface area (Å²) in [6.45, 7) is 9.28. The number of esters is 1. The van der Waals surface area contributed by atoms with E-state index in [-0.39, 0.29) is 22.9 Å². The van der Waals surface area contributed by atoms with E-state index in [1.54, 1.807) is 0 Å². The molecule has 0 unspecified atom stereocenters. The minimum atomic E-state index is 0.0281. The zero-order valence-corrected chi connectivity index (χ0v) is 19.7. The molecule has 0 aromatic carbocycles. The molecular weight excluding hydrogens is 372 g/mol. The lowest BCUT2D eigenvalue weighted by molar-refractivity contribution is -0.161. The van der Waals surface area contributed by atoms with Crippen molar-refractivity contribution in [1.29, 1.82) is 0 Å². The van der Waals surface area contributed by atoms with E-state index >= 15 is 0 Å². The Morgan fingerprint density at radius 2 is 1.87 bits per heavy atom. The molecule has 3 nitrogen and oxygen atoms in total. The Hall–Kier alpha value is -1.12. The molecule has 0 aliphatic heterocycles. The predicted molar refractivity (Wildman–Crippen MR) is 120 cm³/mol. The van der Waals surface area contributed by atoms with Crippen LogP contribution in [0.1, 0.15) is 105 Å². The van der Waals surface area contributed by atoms with Gasteiger partial charge in [-0.15, -0.1) is 0 Å². The average molecular weight is 415 g/mol. The number of ether oxygens (including phenoxy) is 1. The fourth-order valence-electron chi connectivity index (χ4n) is 8.12. The van der Waals surface area contributed by atoms with Gasteiger partial charge in [0, 0.05) is 18.3 Å². The van der Waals surface area contributed by atoms with E-state index in [2.05, 4.69) is 27.7 Å². The molecule has 0 aromatic heterocycles. The maximum absolute atomic E-state index is 12.5. The molecule has 3 heteroatoms. The first-order valence-corrected chi connectivity index (χ1v) is 12.7. The summed E-state index contributed by atoms with van der Waals surface area (Å²) in [7, 11) is 0. The van der Waals surface area contributed by atoms with E-state index in [0.717, 1.165) is 38.0 Å². The smallest absolute Gasteiger partial charge is 0.306 e. The molecule has 0 aromatic rings. The van der Waals surface area contributed by atoms with Crippen molar-refractivity contribution in [3.63, 3.8) is 0 Å². The highest BCUT2D eigenvalue weighted by molar-refractivity contribution is 5.91. The van der Waals surface area contributed by atoms with Crippen LogP contribution in [0.2, 0.25) is 0 Å². The van der Waals surface area contributed by atoms with Gasteiger partial charge in [-0.25, -0.2) is 0 Å². The van der Waals surface area contributed by atoms with E-state index in [1.165, 1.54) is 44.1 Å². The van der Waals surface area contributed by atoms with Crippen LogP contribution in [0.5, 0.6) is 0 Å². The lowest BCUT2D eigenvalue weighted by atomic mass is 9.45. The molecule has 0 N–H and O–H groups in total. The molecule has 4 aliphatic rings. The molecule has 0 saturated heterocycles. The van der Waals surface area contributed by atoms with Crippen molar-refractivity contribution in [2.75, 3.05) is 0 Å². The maximum Gasteiger partial charge on any atom is 0.306 e. The molecule has 0 amide bonds. The summed E-state index contributed by atoms with van der Waals surface area (Å²) in [6, 6.07) is 0. The fourth-order valence-corrected chi connectivity index (χ4v) is 8.12. The summed E-state index contributed by atoms with van der Waals surface area (Å²) in [4.78, 5) is 24.7. The molecule has 3 saturated carbocycles. The Kier molecular flexibility index (Phi) is 6.21. The van der Waals surface area contributed by atoms with Crippen molar-refractivity contribution in [2.45, 2.75) is 111 Å². The molecule has 4 rings (SSSR count). The first-order chi connectivity index (χ1) is 14.3. The van der Waals surface area contributed by atoms with Gasteiger partial charge in [-0.05, 0) is 87.0 Å². The molecule has 0 radical (unpaired) electrons. The van der Waals surface area contributed by atoms with E-state index in [1.807, 2.05) is 6.08 Å². The summed E-state index contributed by atoms with van der Waals surface area (Å²) in [5.41, 5.74) is 1.66. The van der Waals surface area contributed by atoms with Gasteiger partial charge in [-0.1, -0.05) is 45.6 Å². The third kappa shape index (κ3) is 3.58. The molecule has 0 heterocycles. The van der Waals surface area contributed by atoms with Gasteiger partial charge in [-0.2, -0.15) is 0 Å². The number of fused-ring (bicyclic) bond motifs is 5. The number of rotatable bonds is 6. The number of hydrogen-bond donors (Lipinski definition) is 0. The van der Waals surface area contributed by atoms with Crippen LogP contribution in [0.25, 0.3) is 0 Å². The number of carbonyl (C=O) groups is 2. The Balaban J connectivity index is 1.46. The molecule has 3 fully saturated rings. The highest BCUT2D eigenvalue weighted by Gasteiger charge is 2.61. The quantitative estimate of drug-likeness (QED) is 0.361. The molecule has 0 spiro atoms. The van der Waals surface area contributed by atoms with Gasteiger partial charge in [0.05, 0.1) is 0 Å². The van der Waals surface area contributed by atoms with Crippen LogP contribution < -0.4 is 0 Å². The van der Waals surface area contributed by atoms with Crippen LogP contribution in [0.3, 0.4) is 0 Å². The van der Waals surface area contributed by atoms with Gasteiger partial charge in [0.15, 0.2) is 5.78 Å². The van der Waals surface area contributed by atoms with Crippen LogP contribution in [0.15, 0.2) is 11.6 Å². The number of unbranched alkanes of at least 4 members (excludes halogenated alkanes) is 3. The van der Waals surface area contributed by atoms with E-state index in [9.17, 15) is 9.59 Å². The normalized spacial score (nSPS) is 42.7. The second-order valence-corrected chi connectivity index (χ2v) is 11.3. The molecule has 4 aliphatic carbocycles. The number of ketones is 1. The molecule has 0 bridgehead atoms. The first kappa shape index (κ1) is 22.1. The number of allylic oxidation sites excluding steroid dienone is 2. The standard InChI is InChI=1S/C27H42O3/c1-5-6-7-8-9-25(29)30-24-13-12-22-21-11-10-19-17-20(28)16-18(2)27(19,4)23(21)14-15-26(22,24)3/h16,19,21-24H,5-15,17H2,1-4H3/t19-,21+,22+,23+,24-,26+,27+/m1/s1. The summed E-state index contributed by atoms with van der Waals surface area (Å²) in [5.74, 6) is 2.95. The van der Waals surface area contributed by atoms with Crippen molar-refractivity contribution >= 4 is 11.8 Å². The van der Waals surface area contributed by atoms with E-state index < -0.39 is 0 Å². The van der Waals surface area contributed by atoms with Gasteiger partial charge in [0.25, 0.3) is 0 Å². The average Bonchev–Trinajstić information content (AvgIpc) is 3.03. The van der Waals surface area contributed by atoms with Crippen LogP contribution >= 0.6 is 0 Å². The molecule has 7 atom stereocenters. The number of carbonyl (C=O) groups excluding carboxylic acids is 2. The van der Waals surface area contributed by atoms with Gasteiger partial charge < -0.3 is 4.74 Å². The van der Waals surface area contributed by atoms with Crippen molar-refractivity contribution in [1.82, 2.24) is 0 Å². The summed E-state index contributed by atoms with van der Waals surface area (Å²) < 4.78 is 6.12. The zero-order chi connectivity index (χ0) is 21.5. The van der Waals surface area contributed by atoms with Gasteiger partial charge >= 0.3 is 5.97 Å². The van der Waals surface area contributed by atoms with E-state index in [0.29, 0.717) is 30.0 Å². The topological polar surface area (TPSA) is 43.4 Å². The van der Waals surface area contributed by atoms with Crippen molar-refractivity contribution < 1.29 is 14.3 Å². The Labute approximate surface area is 183 Å². The fraction of sp³-hybridized carbons (Fsp3) is 0.852. The van der Waals surface area contributed by atoms with Gasteiger partial charge in [-0.3, -0.25) is 9.59 Å². The SMILES string of the molecule is CCCCCCC(=O)O[C@@H]1CC[C@H]2[C@@H]3CC[C@@H]4CC(=O)C=C(C)[C@]4(C)[C@H]3CC[C@]12C. The maximum atomic E-state index is 12.5. The van der Waals surface area contributed by atoms with Crippen LogP contribution in [0.4, 0.5) is 0 Å². The minimum Gasteiger partial charge on any atom is -0.462 e.